The van der Waals surface area contributed by atoms with Gasteiger partial charge in [0.1, 0.15) is 0 Å². The molecule has 1 atom stereocenters. The van der Waals surface area contributed by atoms with E-state index in [0.29, 0.717) is 13.2 Å². The van der Waals surface area contributed by atoms with Crippen LogP contribution in [-0.2, 0) is 22.7 Å². The maximum Gasteiger partial charge on any atom is 0.225 e. The zero-order chi connectivity index (χ0) is 12.7. The predicted octanol–water partition coefficient (Wildman–Crippen LogP) is 1.08. The summed E-state index contributed by atoms with van der Waals surface area (Å²) in [5.74, 6) is -0.208. The third-order valence-corrected chi connectivity index (χ3v) is 2.61. The lowest BCUT2D eigenvalue weighted by Crippen LogP contribution is -2.31. The zero-order valence-electron chi connectivity index (χ0n) is 10.3. The van der Waals surface area contributed by atoms with Crippen LogP contribution in [0.4, 0.5) is 0 Å². The van der Waals surface area contributed by atoms with E-state index in [-0.39, 0.29) is 18.4 Å². The van der Waals surface area contributed by atoms with Gasteiger partial charge in [-0.05, 0) is 11.1 Å². The summed E-state index contributed by atoms with van der Waals surface area (Å²) in [7, 11) is 1.57. The Hall–Kier alpha value is -1.39. The predicted molar refractivity (Wildman–Crippen MR) is 65.3 cm³/mol. The molecule has 0 heterocycles. The summed E-state index contributed by atoms with van der Waals surface area (Å²) >= 11 is 0. The van der Waals surface area contributed by atoms with Crippen LogP contribution >= 0.6 is 0 Å². The summed E-state index contributed by atoms with van der Waals surface area (Å²) < 4.78 is 4.92. The van der Waals surface area contributed by atoms with Gasteiger partial charge in [0.05, 0.1) is 19.1 Å². The molecule has 4 nitrogen and oxygen atoms in total. The van der Waals surface area contributed by atoms with Crippen molar-refractivity contribution < 1.29 is 14.6 Å². The highest BCUT2D eigenvalue weighted by molar-refractivity contribution is 5.78. The summed E-state index contributed by atoms with van der Waals surface area (Å²) in [6, 6.07) is 7.50. The number of aliphatic hydroxyl groups is 1. The monoisotopic (exact) mass is 237 g/mol. The van der Waals surface area contributed by atoms with Crippen molar-refractivity contribution in [3.63, 3.8) is 0 Å². The van der Waals surface area contributed by atoms with Gasteiger partial charge in [-0.15, -0.1) is 0 Å². The van der Waals surface area contributed by atoms with Crippen molar-refractivity contribution in [2.75, 3.05) is 13.7 Å². The number of benzene rings is 1. The molecule has 94 valence electrons. The first-order valence-corrected chi connectivity index (χ1v) is 5.63. The lowest BCUT2D eigenvalue weighted by Gasteiger charge is -2.12. The fraction of sp³-hybridized carbons (Fsp3) is 0.462. The number of hydrogen-bond donors (Lipinski definition) is 2. The quantitative estimate of drug-likeness (QED) is 0.778. The first-order chi connectivity index (χ1) is 8.19. The van der Waals surface area contributed by atoms with E-state index in [1.165, 1.54) is 0 Å². The topological polar surface area (TPSA) is 58.6 Å². The molecule has 1 aromatic rings. The summed E-state index contributed by atoms with van der Waals surface area (Å²) in [6.07, 6.45) is 0. The summed E-state index contributed by atoms with van der Waals surface area (Å²) in [5, 5.41) is 12.0. The molecule has 0 spiro atoms. The zero-order valence-corrected chi connectivity index (χ0v) is 10.3. The first kappa shape index (κ1) is 13.7. The Kier molecular flexibility index (Phi) is 5.66. The number of methoxy groups -OCH3 is 1. The highest BCUT2D eigenvalue weighted by atomic mass is 16.5. The van der Waals surface area contributed by atoms with Crippen LogP contribution < -0.4 is 5.32 Å². The van der Waals surface area contributed by atoms with E-state index >= 15 is 0 Å². The summed E-state index contributed by atoms with van der Waals surface area (Å²) in [4.78, 5) is 11.7. The van der Waals surface area contributed by atoms with Crippen molar-refractivity contribution in [1.29, 1.82) is 0 Å². The largest absolute Gasteiger partial charge is 0.392 e. The van der Waals surface area contributed by atoms with E-state index in [4.69, 9.17) is 9.84 Å². The first-order valence-electron chi connectivity index (χ1n) is 5.63. The second-order valence-corrected chi connectivity index (χ2v) is 4.00. The number of rotatable bonds is 6. The van der Waals surface area contributed by atoms with Crippen molar-refractivity contribution in [3.8, 4) is 0 Å². The minimum Gasteiger partial charge on any atom is -0.392 e. The normalized spacial score (nSPS) is 12.2. The van der Waals surface area contributed by atoms with Gasteiger partial charge in [0, 0.05) is 13.7 Å². The van der Waals surface area contributed by atoms with Crippen LogP contribution in [0, 0.1) is 5.92 Å². The van der Waals surface area contributed by atoms with Crippen LogP contribution in [0.1, 0.15) is 18.1 Å². The Morgan fingerprint density at radius 1 is 1.41 bits per heavy atom. The maximum absolute atomic E-state index is 11.7. The smallest absolute Gasteiger partial charge is 0.225 e. The van der Waals surface area contributed by atoms with Crippen LogP contribution in [0.15, 0.2) is 24.3 Å². The van der Waals surface area contributed by atoms with Gasteiger partial charge in [-0.2, -0.15) is 0 Å². The molecule has 4 heteroatoms. The Morgan fingerprint density at radius 2 is 2.06 bits per heavy atom. The van der Waals surface area contributed by atoms with Crippen LogP contribution in [0.2, 0.25) is 0 Å². The average Bonchev–Trinajstić information content (AvgIpc) is 2.36. The van der Waals surface area contributed by atoms with E-state index in [2.05, 4.69) is 5.32 Å². The van der Waals surface area contributed by atoms with Crippen molar-refractivity contribution in [2.45, 2.75) is 20.1 Å². The van der Waals surface area contributed by atoms with Crippen molar-refractivity contribution >= 4 is 5.91 Å². The molecule has 1 aromatic carbocycles. The molecule has 0 saturated heterocycles. The van der Waals surface area contributed by atoms with E-state index in [1.54, 1.807) is 7.11 Å². The Balaban J connectivity index is 2.52. The lowest BCUT2D eigenvalue weighted by atomic mass is 10.1. The highest BCUT2D eigenvalue weighted by Crippen LogP contribution is 2.08. The number of carbonyl (C=O) groups is 1. The van der Waals surface area contributed by atoms with Gasteiger partial charge in [-0.25, -0.2) is 0 Å². The summed E-state index contributed by atoms with van der Waals surface area (Å²) in [6.45, 7) is 2.65. The Morgan fingerprint density at radius 3 is 2.65 bits per heavy atom. The van der Waals surface area contributed by atoms with Crippen LogP contribution in [-0.4, -0.2) is 24.7 Å². The van der Waals surface area contributed by atoms with E-state index < -0.39 is 0 Å². The molecule has 0 bridgehead atoms. The van der Waals surface area contributed by atoms with E-state index in [1.807, 2.05) is 31.2 Å². The molecule has 1 unspecified atom stereocenters. The second kappa shape index (κ2) is 7.04. The van der Waals surface area contributed by atoms with Crippen molar-refractivity contribution in [2.24, 2.45) is 5.92 Å². The fourth-order valence-electron chi connectivity index (χ4n) is 1.57. The maximum atomic E-state index is 11.7. The Labute approximate surface area is 102 Å². The molecule has 0 aliphatic rings. The third-order valence-electron chi connectivity index (χ3n) is 2.61. The molecule has 0 radical (unpaired) electrons. The van der Waals surface area contributed by atoms with Gasteiger partial charge >= 0.3 is 0 Å². The van der Waals surface area contributed by atoms with Gasteiger partial charge < -0.3 is 15.2 Å². The van der Waals surface area contributed by atoms with Crippen LogP contribution in [0.5, 0.6) is 0 Å². The molecular weight excluding hydrogens is 218 g/mol. The number of ether oxygens (including phenoxy) is 1. The lowest BCUT2D eigenvalue weighted by molar-refractivity contribution is -0.126. The van der Waals surface area contributed by atoms with Gasteiger partial charge in [0.2, 0.25) is 5.91 Å². The molecule has 1 amide bonds. The number of nitrogens with one attached hydrogen (secondary N) is 1. The summed E-state index contributed by atoms with van der Waals surface area (Å²) in [5.41, 5.74) is 1.78. The number of carbonyl (C=O) groups excluding carboxylic acids is 1. The van der Waals surface area contributed by atoms with Gasteiger partial charge in [-0.3, -0.25) is 4.79 Å². The molecule has 0 saturated carbocycles. The minimum atomic E-state index is -0.165. The van der Waals surface area contributed by atoms with E-state index in [0.717, 1.165) is 11.1 Å². The van der Waals surface area contributed by atoms with Crippen LogP contribution in [0.25, 0.3) is 0 Å². The second-order valence-electron chi connectivity index (χ2n) is 4.00. The molecule has 1 rings (SSSR count). The number of aliphatic hydroxyl groups excluding tert-OH is 1. The SMILES string of the molecule is COCC(C)C(=O)NCc1ccccc1CO. The standard InChI is InChI=1S/C13H19NO3/c1-10(9-17-2)13(16)14-7-11-5-3-4-6-12(11)8-15/h3-6,10,15H,7-9H2,1-2H3,(H,14,16). The fourth-order valence-corrected chi connectivity index (χ4v) is 1.57. The highest BCUT2D eigenvalue weighted by Gasteiger charge is 2.12. The average molecular weight is 237 g/mol. The third kappa shape index (κ3) is 4.17. The van der Waals surface area contributed by atoms with Crippen molar-refractivity contribution in [3.05, 3.63) is 35.4 Å². The van der Waals surface area contributed by atoms with Crippen LogP contribution in [0.3, 0.4) is 0 Å². The molecule has 0 fully saturated rings. The molecule has 0 aliphatic heterocycles. The molecular formula is C13H19NO3. The van der Waals surface area contributed by atoms with Gasteiger partial charge in [0.25, 0.3) is 0 Å². The molecule has 2 N–H and O–H groups in total. The van der Waals surface area contributed by atoms with Gasteiger partial charge in [-0.1, -0.05) is 31.2 Å². The number of hydrogen-bond acceptors (Lipinski definition) is 3. The molecule has 0 aliphatic carbocycles. The van der Waals surface area contributed by atoms with E-state index in [9.17, 15) is 4.79 Å². The minimum absolute atomic E-state index is 0.0142. The van der Waals surface area contributed by atoms with Crippen molar-refractivity contribution in [1.82, 2.24) is 5.32 Å². The Bertz CT molecular complexity index is 365. The molecule has 0 aromatic heterocycles. The van der Waals surface area contributed by atoms with Gasteiger partial charge in [0.15, 0.2) is 0 Å². The molecule has 17 heavy (non-hydrogen) atoms. The number of amides is 1.